The molecule has 2 aromatic carbocycles. The van der Waals surface area contributed by atoms with Crippen molar-refractivity contribution in [2.45, 2.75) is 11.3 Å². The Morgan fingerprint density at radius 1 is 1.21 bits per heavy atom. The van der Waals surface area contributed by atoms with Crippen LogP contribution in [-0.4, -0.2) is 11.6 Å². The van der Waals surface area contributed by atoms with E-state index in [-0.39, 0.29) is 18.0 Å². The van der Waals surface area contributed by atoms with Crippen LogP contribution >= 0.6 is 11.8 Å². The second kappa shape index (κ2) is 4.11. The number of carbonyl (C=O) groups excluding carboxylic acids is 2. The van der Waals surface area contributed by atoms with Gasteiger partial charge in [-0.05, 0) is 23.2 Å². The number of nitrogen functional groups attached to an aromatic ring is 1. The van der Waals surface area contributed by atoms with Crippen molar-refractivity contribution in [1.82, 2.24) is 0 Å². The SMILES string of the molecule is N#CSc1c(N)cc2c3c(cccc13)C(=O)CC2=O. The van der Waals surface area contributed by atoms with Crippen LogP contribution in [0.3, 0.4) is 0 Å². The lowest BCUT2D eigenvalue weighted by molar-refractivity contribution is 0.0890. The Morgan fingerprint density at radius 2 is 1.95 bits per heavy atom. The second-order valence-corrected chi connectivity index (χ2v) is 5.08. The number of rotatable bonds is 1. The zero-order chi connectivity index (χ0) is 13.6. The molecule has 5 heteroatoms. The molecule has 0 saturated heterocycles. The van der Waals surface area contributed by atoms with Crippen molar-refractivity contribution in [2.75, 3.05) is 5.73 Å². The Hall–Kier alpha value is -2.32. The van der Waals surface area contributed by atoms with Crippen LogP contribution in [-0.2, 0) is 0 Å². The number of benzene rings is 2. The van der Waals surface area contributed by atoms with E-state index in [2.05, 4.69) is 0 Å². The van der Waals surface area contributed by atoms with Crippen LogP contribution in [0.4, 0.5) is 5.69 Å². The smallest absolute Gasteiger partial charge is 0.171 e. The predicted octanol–water partition coefficient (Wildman–Crippen LogP) is 2.76. The van der Waals surface area contributed by atoms with Crippen LogP contribution in [0.1, 0.15) is 27.1 Å². The average molecular weight is 268 g/mol. The predicted molar refractivity (Wildman–Crippen MR) is 73.1 cm³/mol. The van der Waals surface area contributed by atoms with E-state index in [1.165, 1.54) is 0 Å². The molecule has 92 valence electrons. The quantitative estimate of drug-likeness (QED) is 0.372. The number of Topliss-reactive ketones (excluding diaryl/α,β-unsaturated/α-hetero) is 2. The summed E-state index contributed by atoms with van der Waals surface area (Å²) in [6.07, 6.45) is -0.115. The number of nitrogens with two attached hydrogens (primary N) is 1. The highest BCUT2D eigenvalue weighted by molar-refractivity contribution is 8.04. The van der Waals surface area contributed by atoms with Crippen LogP contribution in [0.5, 0.6) is 0 Å². The topological polar surface area (TPSA) is 83.9 Å². The number of nitrogens with zero attached hydrogens (tertiary/aromatic N) is 1. The molecule has 3 rings (SSSR count). The molecule has 0 fully saturated rings. The summed E-state index contributed by atoms with van der Waals surface area (Å²) >= 11 is 0.944. The highest BCUT2D eigenvalue weighted by Gasteiger charge is 2.27. The van der Waals surface area contributed by atoms with Crippen molar-refractivity contribution in [2.24, 2.45) is 0 Å². The van der Waals surface area contributed by atoms with Crippen LogP contribution in [0, 0.1) is 10.7 Å². The van der Waals surface area contributed by atoms with Gasteiger partial charge >= 0.3 is 0 Å². The molecule has 4 nitrogen and oxygen atoms in total. The molecule has 1 aliphatic carbocycles. The lowest BCUT2D eigenvalue weighted by Crippen LogP contribution is -2.16. The molecule has 0 bridgehead atoms. The van der Waals surface area contributed by atoms with Gasteiger partial charge in [0.2, 0.25) is 0 Å². The van der Waals surface area contributed by atoms with Gasteiger partial charge in [-0.3, -0.25) is 9.59 Å². The maximum Gasteiger partial charge on any atom is 0.171 e. The van der Waals surface area contributed by atoms with Crippen molar-refractivity contribution in [3.63, 3.8) is 0 Å². The van der Waals surface area contributed by atoms with Crippen molar-refractivity contribution in [1.29, 1.82) is 5.26 Å². The molecule has 0 saturated carbocycles. The lowest BCUT2D eigenvalue weighted by atomic mass is 9.86. The summed E-state index contributed by atoms with van der Waals surface area (Å²) in [7, 11) is 0. The molecular weight excluding hydrogens is 260 g/mol. The second-order valence-electron chi connectivity index (χ2n) is 4.29. The fourth-order valence-corrected chi connectivity index (χ4v) is 2.98. The van der Waals surface area contributed by atoms with Crippen molar-refractivity contribution < 1.29 is 9.59 Å². The number of thiocyanates is 1. The Kier molecular flexibility index (Phi) is 2.54. The van der Waals surface area contributed by atoms with Crippen LogP contribution < -0.4 is 5.73 Å². The fraction of sp³-hybridized carbons (Fsp3) is 0.0714. The van der Waals surface area contributed by atoms with Gasteiger partial charge in [0.1, 0.15) is 5.40 Å². The van der Waals surface area contributed by atoms with Crippen LogP contribution in [0.2, 0.25) is 0 Å². The van der Waals surface area contributed by atoms with E-state index in [0.29, 0.717) is 32.5 Å². The monoisotopic (exact) mass is 268 g/mol. The highest BCUT2D eigenvalue weighted by Crippen LogP contribution is 2.39. The maximum atomic E-state index is 12.0. The first-order valence-corrected chi connectivity index (χ1v) is 6.42. The molecule has 0 atom stereocenters. The largest absolute Gasteiger partial charge is 0.398 e. The van der Waals surface area contributed by atoms with Crippen molar-refractivity contribution in [3.8, 4) is 5.40 Å². The van der Waals surface area contributed by atoms with E-state index in [9.17, 15) is 9.59 Å². The fourth-order valence-electron chi connectivity index (χ4n) is 2.43. The van der Waals surface area contributed by atoms with E-state index < -0.39 is 0 Å². The Bertz CT molecular complexity index is 790. The van der Waals surface area contributed by atoms with E-state index in [1.54, 1.807) is 24.3 Å². The molecule has 19 heavy (non-hydrogen) atoms. The van der Waals surface area contributed by atoms with Gasteiger partial charge in [0.15, 0.2) is 11.6 Å². The number of carbonyl (C=O) groups is 2. The molecule has 0 radical (unpaired) electrons. The first-order valence-electron chi connectivity index (χ1n) is 5.61. The Morgan fingerprint density at radius 3 is 2.68 bits per heavy atom. The number of ketones is 2. The molecule has 2 N–H and O–H groups in total. The number of hydrogen-bond donors (Lipinski definition) is 1. The normalized spacial score (nSPS) is 13.6. The van der Waals surface area contributed by atoms with Gasteiger partial charge in [-0.25, -0.2) is 0 Å². The highest BCUT2D eigenvalue weighted by atomic mass is 32.2. The lowest BCUT2D eigenvalue weighted by Gasteiger charge is -2.18. The molecule has 0 aliphatic heterocycles. The van der Waals surface area contributed by atoms with Crippen molar-refractivity contribution in [3.05, 3.63) is 35.4 Å². The number of thioether (sulfide) groups is 1. The van der Waals surface area contributed by atoms with Gasteiger partial charge in [-0.15, -0.1) is 0 Å². The summed E-state index contributed by atoms with van der Waals surface area (Å²) in [6, 6.07) is 6.80. The van der Waals surface area contributed by atoms with E-state index >= 15 is 0 Å². The minimum absolute atomic E-state index is 0.115. The zero-order valence-electron chi connectivity index (χ0n) is 9.77. The van der Waals surface area contributed by atoms with E-state index in [1.807, 2.05) is 5.40 Å². The summed E-state index contributed by atoms with van der Waals surface area (Å²) in [4.78, 5) is 24.5. The summed E-state index contributed by atoms with van der Waals surface area (Å²) in [5.74, 6) is -0.394. The maximum absolute atomic E-state index is 12.0. The summed E-state index contributed by atoms with van der Waals surface area (Å²) in [6.45, 7) is 0. The molecule has 2 aromatic rings. The average Bonchev–Trinajstić information content (AvgIpc) is 2.39. The first-order chi connectivity index (χ1) is 9.13. The third kappa shape index (κ3) is 1.61. The molecule has 0 aromatic heterocycles. The molecule has 0 amide bonds. The summed E-state index contributed by atoms with van der Waals surface area (Å²) < 4.78 is 0. The van der Waals surface area contributed by atoms with Crippen LogP contribution in [0.15, 0.2) is 29.2 Å². The minimum Gasteiger partial charge on any atom is -0.398 e. The van der Waals surface area contributed by atoms with Gasteiger partial charge in [-0.1, -0.05) is 18.2 Å². The van der Waals surface area contributed by atoms with Gasteiger partial charge in [0.25, 0.3) is 0 Å². The molecular formula is C14H8N2O2S. The number of hydrogen-bond acceptors (Lipinski definition) is 5. The Labute approximate surface area is 113 Å². The number of nitriles is 1. The van der Waals surface area contributed by atoms with E-state index in [0.717, 1.165) is 11.8 Å². The Balaban J connectivity index is 2.51. The standard InChI is InChI=1S/C14H8N2O2S/c15-6-19-14-8-3-1-2-7-11(17)5-12(18)9(13(7)8)4-10(14)16/h1-4H,5,16H2. The molecule has 0 spiro atoms. The van der Waals surface area contributed by atoms with Gasteiger partial charge in [0.05, 0.1) is 11.3 Å². The van der Waals surface area contributed by atoms with Gasteiger partial charge in [0, 0.05) is 22.2 Å². The molecule has 1 aliphatic rings. The van der Waals surface area contributed by atoms with E-state index in [4.69, 9.17) is 11.0 Å². The molecule has 0 heterocycles. The summed E-state index contributed by atoms with van der Waals surface area (Å²) in [5, 5.41) is 12.1. The molecule has 0 unspecified atom stereocenters. The minimum atomic E-state index is -0.214. The zero-order valence-corrected chi connectivity index (χ0v) is 10.6. The summed E-state index contributed by atoms with van der Waals surface area (Å²) in [5.41, 5.74) is 7.32. The third-order valence-corrected chi connectivity index (χ3v) is 3.96. The van der Waals surface area contributed by atoms with Crippen LogP contribution in [0.25, 0.3) is 10.8 Å². The third-order valence-electron chi connectivity index (χ3n) is 3.21. The van der Waals surface area contributed by atoms with Crippen molar-refractivity contribution >= 4 is 39.8 Å². The first kappa shape index (κ1) is 11.8. The van der Waals surface area contributed by atoms with Gasteiger partial charge in [-0.2, -0.15) is 5.26 Å². The van der Waals surface area contributed by atoms with Gasteiger partial charge < -0.3 is 5.73 Å². The number of anilines is 1.